The first-order valence-electron chi connectivity index (χ1n) is 11.7. The van der Waals surface area contributed by atoms with Crippen LogP contribution < -0.4 is 10.1 Å². The fraction of sp³-hybridized carbons (Fsp3) is 0.321. The first kappa shape index (κ1) is 23.5. The van der Waals surface area contributed by atoms with Gasteiger partial charge < -0.3 is 15.0 Å². The van der Waals surface area contributed by atoms with Gasteiger partial charge in [0.1, 0.15) is 5.75 Å². The van der Waals surface area contributed by atoms with Crippen molar-refractivity contribution in [1.29, 1.82) is 0 Å². The lowest BCUT2D eigenvalue weighted by atomic mass is 9.89. The third-order valence-corrected chi connectivity index (χ3v) is 6.37. The molecule has 0 aliphatic carbocycles. The van der Waals surface area contributed by atoms with Gasteiger partial charge in [0.15, 0.2) is 0 Å². The number of pyridine rings is 1. The van der Waals surface area contributed by atoms with Crippen molar-refractivity contribution in [3.8, 4) is 5.75 Å². The van der Waals surface area contributed by atoms with Crippen LogP contribution in [-0.4, -0.2) is 41.9 Å². The SMILES string of the molecule is COc1cccc(C(=O)N2CCC(c3nc(C)ccc3C(=O)NCc3ccc(C)cc3)CC2)c1. The summed E-state index contributed by atoms with van der Waals surface area (Å²) in [6.45, 7) is 5.71. The fourth-order valence-electron chi connectivity index (χ4n) is 4.36. The first-order chi connectivity index (χ1) is 16.4. The van der Waals surface area contributed by atoms with Gasteiger partial charge in [0.05, 0.1) is 18.4 Å². The second-order valence-electron chi connectivity index (χ2n) is 8.85. The average Bonchev–Trinajstić information content (AvgIpc) is 2.88. The van der Waals surface area contributed by atoms with E-state index in [1.54, 1.807) is 13.2 Å². The topological polar surface area (TPSA) is 71.5 Å². The highest BCUT2D eigenvalue weighted by molar-refractivity contribution is 5.96. The van der Waals surface area contributed by atoms with Crippen molar-refractivity contribution in [2.45, 2.75) is 39.2 Å². The summed E-state index contributed by atoms with van der Waals surface area (Å²) in [6.07, 6.45) is 1.54. The van der Waals surface area contributed by atoms with E-state index in [1.165, 1.54) is 5.56 Å². The van der Waals surface area contributed by atoms with Crippen molar-refractivity contribution in [3.05, 3.63) is 94.3 Å². The smallest absolute Gasteiger partial charge is 0.253 e. The number of rotatable bonds is 6. The number of hydrogen-bond acceptors (Lipinski definition) is 4. The highest BCUT2D eigenvalue weighted by Gasteiger charge is 2.28. The molecule has 6 heteroatoms. The molecule has 0 unspecified atom stereocenters. The predicted molar refractivity (Wildman–Crippen MR) is 132 cm³/mol. The summed E-state index contributed by atoms with van der Waals surface area (Å²) in [5.74, 6) is 0.698. The van der Waals surface area contributed by atoms with Gasteiger partial charge in [-0.05, 0) is 62.6 Å². The van der Waals surface area contributed by atoms with Crippen molar-refractivity contribution in [3.63, 3.8) is 0 Å². The lowest BCUT2D eigenvalue weighted by Gasteiger charge is -2.32. The summed E-state index contributed by atoms with van der Waals surface area (Å²) in [7, 11) is 1.60. The van der Waals surface area contributed by atoms with E-state index in [4.69, 9.17) is 9.72 Å². The summed E-state index contributed by atoms with van der Waals surface area (Å²) in [4.78, 5) is 32.6. The number of piperidine rings is 1. The van der Waals surface area contributed by atoms with Crippen molar-refractivity contribution >= 4 is 11.8 Å². The third kappa shape index (κ3) is 5.45. The molecule has 0 spiro atoms. The normalized spacial score (nSPS) is 14.0. The van der Waals surface area contributed by atoms with Gasteiger partial charge in [0.25, 0.3) is 11.8 Å². The lowest BCUT2D eigenvalue weighted by Crippen LogP contribution is -2.38. The molecule has 1 aromatic heterocycles. The van der Waals surface area contributed by atoms with E-state index in [-0.39, 0.29) is 17.7 Å². The van der Waals surface area contributed by atoms with Crippen LogP contribution in [-0.2, 0) is 6.54 Å². The highest BCUT2D eigenvalue weighted by atomic mass is 16.5. The zero-order valence-electron chi connectivity index (χ0n) is 20.0. The fourth-order valence-corrected chi connectivity index (χ4v) is 4.36. The number of carbonyl (C=O) groups is 2. The number of nitrogens with zero attached hydrogens (tertiary/aromatic N) is 2. The van der Waals surface area contributed by atoms with Crippen LogP contribution in [0.1, 0.15) is 62.0 Å². The van der Waals surface area contributed by atoms with Gasteiger partial charge >= 0.3 is 0 Å². The van der Waals surface area contributed by atoms with Gasteiger partial charge in [-0.3, -0.25) is 14.6 Å². The molecule has 1 aliphatic heterocycles. The Morgan fingerprint density at radius 1 is 1.03 bits per heavy atom. The maximum absolute atomic E-state index is 13.1. The Morgan fingerprint density at radius 3 is 2.47 bits per heavy atom. The Hall–Kier alpha value is -3.67. The molecule has 3 aromatic rings. The number of benzene rings is 2. The Balaban J connectivity index is 1.43. The van der Waals surface area contributed by atoms with Gasteiger partial charge in [-0.1, -0.05) is 35.9 Å². The minimum absolute atomic E-state index is 0.00520. The number of aromatic nitrogens is 1. The molecule has 1 N–H and O–H groups in total. The lowest BCUT2D eigenvalue weighted by molar-refractivity contribution is 0.0710. The molecule has 0 atom stereocenters. The maximum Gasteiger partial charge on any atom is 0.253 e. The second-order valence-corrected chi connectivity index (χ2v) is 8.85. The monoisotopic (exact) mass is 457 g/mol. The number of ether oxygens (including phenoxy) is 1. The number of carbonyl (C=O) groups excluding carboxylic acids is 2. The summed E-state index contributed by atoms with van der Waals surface area (Å²) in [5, 5.41) is 3.04. The van der Waals surface area contributed by atoms with Crippen LogP contribution in [0.2, 0.25) is 0 Å². The van der Waals surface area contributed by atoms with Crippen molar-refractivity contribution < 1.29 is 14.3 Å². The quantitative estimate of drug-likeness (QED) is 0.585. The summed E-state index contributed by atoms with van der Waals surface area (Å²) in [6, 6.07) is 19.1. The van der Waals surface area contributed by atoms with Crippen molar-refractivity contribution in [2.24, 2.45) is 0 Å². The number of likely N-dealkylation sites (tertiary alicyclic amines) is 1. The van der Waals surface area contributed by atoms with E-state index in [0.29, 0.717) is 36.5 Å². The molecular formula is C28H31N3O3. The second kappa shape index (κ2) is 10.5. The van der Waals surface area contributed by atoms with Gasteiger partial charge in [-0.15, -0.1) is 0 Å². The molecule has 1 saturated heterocycles. The largest absolute Gasteiger partial charge is 0.497 e. The molecule has 1 aliphatic rings. The van der Waals surface area contributed by atoms with E-state index < -0.39 is 0 Å². The summed E-state index contributed by atoms with van der Waals surface area (Å²) in [5.41, 5.74) is 5.22. The molecule has 2 aromatic carbocycles. The number of nitrogens with one attached hydrogen (secondary N) is 1. The van der Waals surface area contributed by atoms with Gasteiger partial charge in [0.2, 0.25) is 0 Å². The highest BCUT2D eigenvalue weighted by Crippen LogP contribution is 2.30. The van der Waals surface area contributed by atoms with Crippen LogP contribution in [0.5, 0.6) is 5.75 Å². The molecule has 0 radical (unpaired) electrons. The van der Waals surface area contributed by atoms with Crippen LogP contribution in [0.4, 0.5) is 0 Å². The number of aryl methyl sites for hydroxylation is 2. The Bertz CT molecular complexity index is 1170. The molecule has 0 saturated carbocycles. The zero-order chi connectivity index (χ0) is 24.1. The van der Waals surface area contributed by atoms with Crippen LogP contribution in [0.25, 0.3) is 0 Å². The number of amides is 2. The summed E-state index contributed by atoms with van der Waals surface area (Å²) < 4.78 is 5.25. The van der Waals surface area contributed by atoms with Gasteiger partial charge in [-0.2, -0.15) is 0 Å². The summed E-state index contributed by atoms with van der Waals surface area (Å²) >= 11 is 0. The molecule has 0 bridgehead atoms. The Labute approximate surface area is 201 Å². The van der Waals surface area contributed by atoms with E-state index >= 15 is 0 Å². The zero-order valence-corrected chi connectivity index (χ0v) is 20.0. The van der Waals surface area contributed by atoms with Crippen LogP contribution in [0.15, 0.2) is 60.7 Å². The van der Waals surface area contributed by atoms with Crippen molar-refractivity contribution in [2.75, 3.05) is 20.2 Å². The Morgan fingerprint density at radius 2 is 1.76 bits per heavy atom. The number of methoxy groups -OCH3 is 1. The third-order valence-electron chi connectivity index (χ3n) is 6.37. The number of hydrogen-bond donors (Lipinski definition) is 1. The van der Waals surface area contributed by atoms with Crippen LogP contribution >= 0.6 is 0 Å². The molecule has 176 valence electrons. The molecule has 34 heavy (non-hydrogen) atoms. The average molecular weight is 458 g/mol. The minimum Gasteiger partial charge on any atom is -0.497 e. The first-order valence-corrected chi connectivity index (χ1v) is 11.7. The minimum atomic E-state index is -0.113. The van der Waals surface area contributed by atoms with E-state index in [1.807, 2.05) is 73.3 Å². The van der Waals surface area contributed by atoms with Gasteiger partial charge in [-0.25, -0.2) is 0 Å². The van der Waals surface area contributed by atoms with Gasteiger partial charge in [0, 0.05) is 36.8 Å². The maximum atomic E-state index is 13.1. The molecule has 2 amide bonds. The van der Waals surface area contributed by atoms with Crippen molar-refractivity contribution in [1.82, 2.24) is 15.2 Å². The van der Waals surface area contributed by atoms with E-state index in [9.17, 15) is 9.59 Å². The standard InChI is InChI=1S/C28H31N3O3/c1-19-7-10-21(11-8-19)18-29-27(32)25-12-9-20(2)30-26(25)22-13-15-31(16-14-22)28(33)23-5-4-6-24(17-23)34-3/h4-12,17,22H,13-16,18H2,1-3H3,(H,29,32). The van der Waals surface area contributed by atoms with Crippen LogP contribution in [0.3, 0.4) is 0 Å². The predicted octanol–water partition coefficient (Wildman–Crippen LogP) is 4.66. The molecule has 1 fully saturated rings. The van der Waals surface area contributed by atoms with E-state index in [2.05, 4.69) is 5.32 Å². The molecule has 6 nitrogen and oxygen atoms in total. The molecular weight excluding hydrogens is 426 g/mol. The van der Waals surface area contributed by atoms with Crippen LogP contribution in [0, 0.1) is 13.8 Å². The Kier molecular flexibility index (Phi) is 7.26. The van der Waals surface area contributed by atoms with E-state index in [0.717, 1.165) is 29.8 Å². The molecule has 4 rings (SSSR count). The molecule has 2 heterocycles.